The molecule has 0 unspecified atom stereocenters. The first kappa shape index (κ1) is 46.4. The minimum atomic E-state index is -0.457. The Morgan fingerprint density at radius 2 is 0.940 bits per heavy atom. The third-order valence-electron chi connectivity index (χ3n) is 10.6. The molecule has 0 aromatic carbocycles. The van der Waals surface area contributed by atoms with Crippen LogP contribution in [-0.2, 0) is 23.9 Å². The SMILES string of the molecule is CCCCCCCCCCCC(=O)OCC1(COC(=O)CCCCCCCCCCC)CCN(C(=O)CCN(CCO)CCCCCC)CC1. The summed E-state index contributed by atoms with van der Waals surface area (Å²) in [6.07, 6.45) is 28.9. The third kappa shape index (κ3) is 24.5. The Morgan fingerprint density at radius 3 is 1.36 bits per heavy atom. The number of aliphatic hydroxyl groups excluding tert-OH is 1. The number of piperidine rings is 1. The molecule has 1 rings (SSSR count). The maximum absolute atomic E-state index is 13.2. The van der Waals surface area contributed by atoms with Gasteiger partial charge in [-0.05, 0) is 38.6 Å². The highest BCUT2D eigenvalue weighted by atomic mass is 16.5. The summed E-state index contributed by atoms with van der Waals surface area (Å²) < 4.78 is 11.7. The van der Waals surface area contributed by atoms with E-state index in [0.29, 0.717) is 58.3 Å². The molecule has 0 spiro atoms. The van der Waals surface area contributed by atoms with Crippen molar-refractivity contribution in [1.29, 1.82) is 0 Å². The molecule has 1 heterocycles. The molecule has 0 aliphatic carbocycles. The van der Waals surface area contributed by atoms with E-state index in [-0.39, 0.29) is 37.7 Å². The standard InChI is InChI=1S/C42H80N2O6/c1-4-7-10-13-15-17-19-21-23-26-40(47)49-37-42(38-50-41(48)27-24-22-20-18-16-14-11-8-5-2)29-33-44(34-30-42)39(46)28-32-43(35-36-45)31-25-12-9-6-3/h45H,4-38H2,1-3H3. The van der Waals surface area contributed by atoms with E-state index in [1.54, 1.807) is 0 Å². The monoisotopic (exact) mass is 709 g/mol. The van der Waals surface area contributed by atoms with Crippen LogP contribution in [0.5, 0.6) is 0 Å². The lowest BCUT2D eigenvalue weighted by Crippen LogP contribution is -2.48. The van der Waals surface area contributed by atoms with Crippen LogP contribution in [0.2, 0.25) is 0 Å². The number of nitrogens with zero attached hydrogens (tertiary/aromatic N) is 2. The first-order chi connectivity index (χ1) is 24.4. The highest BCUT2D eigenvalue weighted by Gasteiger charge is 2.38. The van der Waals surface area contributed by atoms with E-state index in [2.05, 4.69) is 25.7 Å². The van der Waals surface area contributed by atoms with Gasteiger partial charge in [0, 0.05) is 50.9 Å². The molecule has 50 heavy (non-hydrogen) atoms. The largest absolute Gasteiger partial charge is 0.465 e. The van der Waals surface area contributed by atoms with Crippen LogP contribution in [0.3, 0.4) is 0 Å². The van der Waals surface area contributed by atoms with Crippen molar-refractivity contribution in [3.05, 3.63) is 0 Å². The molecule has 1 saturated heterocycles. The number of ether oxygens (including phenoxy) is 2. The van der Waals surface area contributed by atoms with Crippen molar-refractivity contribution in [2.75, 3.05) is 52.5 Å². The van der Waals surface area contributed by atoms with Crippen LogP contribution < -0.4 is 0 Å². The summed E-state index contributed by atoms with van der Waals surface area (Å²) in [4.78, 5) is 42.8. The zero-order chi connectivity index (χ0) is 36.5. The van der Waals surface area contributed by atoms with Gasteiger partial charge >= 0.3 is 11.9 Å². The molecule has 1 N–H and O–H groups in total. The van der Waals surface area contributed by atoms with Crippen molar-refractivity contribution in [2.24, 2.45) is 5.41 Å². The number of likely N-dealkylation sites (tertiary alicyclic amines) is 1. The normalized spacial score (nSPS) is 14.3. The van der Waals surface area contributed by atoms with Gasteiger partial charge in [0.25, 0.3) is 0 Å². The van der Waals surface area contributed by atoms with E-state index in [0.717, 1.165) is 38.6 Å². The van der Waals surface area contributed by atoms with Crippen molar-refractivity contribution < 1.29 is 29.0 Å². The van der Waals surface area contributed by atoms with Gasteiger partial charge in [-0.25, -0.2) is 0 Å². The summed E-state index contributed by atoms with van der Waals surface area (Å²) in [5, 5.41) is 9.51. The second-order valence-corrected chi connectivity index (χ2v) is 15.2. The minimum Gasteiger partial charge on any atom is -0.465 e. The molecule has 1 aliphatic heterocycles. The van der Waals surface area contributed by atoms with Crippen LogP contribution in [0.15, 0.2) is 0 Å². The number of amides is 1. The topological polar surface area (TPSA) is 96.4 Å². The molecule has 0 aromatic rings. The molecule has 1 fully saturated rings. The average Bonchev–Trinajstić information content (AvgIpc) is 3.12. The summed E-state index contributed by atoms with van der Waals surface area (Å²) >= 11 is 0. The Balaban J connectivity index is 2.56. The number of carbonyl (C=O) groups excluding carboxylic acids is 3. The Morgan fingerprint density at radius 1 is 0.540 bits per heavy atom. The number of esters is 2. The van der Waals surface area contributed by atoms with E-state index in [1.807, 2.05) is 4.90 Å². The quantitative estimate of drug-likeness (QED) is 0.0525. The van der Waals surface area contributed by atoms with Gasteiger partial charge in [0.2, 0.25) is 5.91 Å². The molecule has 0 radical (unpaired) electrons. The first-order valence-electron chi connectivity index (χ1n) is 21.3. The van der Waals surface area contributed by atoms with Crippen molar-refractivity contribution >= 4 is 17.8 Å². The minimum absolute atomic E-state index is 0.101. The fraction of sp³-hybridized carbons (Fsp3) is 0.929. The Labute approximate surface area is 308 Å². The van der Waals surface area contributed by atoms with Crippen molar-refractivity contribution in [3.8, 4) is 0 Å². The lowest BCUT2D eigenvalue weighted by Gasteiger charge is -2.41. The van der Waals surface area contributed by atoms with Gasteiger partial charge in [-0.3, -0.25) is 14.4 Å². The summed E-state index contributed by atoms with van der Waals surface area (Å²) in [6, 6.07) is 0. The van der Waals surface area contributed by atoms with E-state index in [9.17, 15) is 19.5 Å². The zero-order valence-electron chi connectivity index (χ0n) is 33.1. The van der Waals surface area contributed by atoms with Gasteiger partial charge in [-0.15, -0.1) is 0 Å². The van der Waals surface area contributed by atoms with E-state index < -0.39 is 5.41 Å². The lowest BCUT2D eigenvalue weighted by molar-refractivity contribution is -0.158. The van der Waals surface area contributed by atoms with Crippen LogP contribution in [0.4, 0.5) is 0 Å². The first-order valence-corrected chi connectivity index (χ1v) is 21.3. The number of hydrogen-bond acceptors (Lipinski definition) is 7. The molecule has 294 valence electrons. The van der Waals surface area contributed by atoms with Gasteiger partial charge in [0.1, 0.15) is 13.2 Å². The number of unbranched alkanes of at least 4 members (excludes halogenated alkanes) is 19. The highest BCUT2D eigenvalue weighted by molar-refractivity contribution is 5.76. The van der Waals surface area contributed by atoms with Crippen molar-refractivity contribution in [2.45, 2.75) is 194 Å². The summed E-state index contributed by atoms with van der Waals surface area (Å²) in [7, 11) is 0. The second-order valence-electron chi connectivity index (χ2n) is 15.2. The summed E-state index contributed by atoms with van der Waals surface area (Å²) in [5.74, 6) is -0.218. The van der Waals surface area contributed by atoms with Crippen LogP contribution in [0, 0.1) is 5.41 Å². The Kier molecular flexibility index (Phi) is 29.7. The molecule has 0 atom stereocenters. The van der Waals surface area contributed by atoms with Gasteiger partial charge in [0.15, 0.2) is 0 Å². The van der Waals surface area contributed by atoms with E-state index in [1.165, 1.54) is 109 Å². The Bertz CT molecular complexity index is 789. The number of rotatable bonds is 34. The summed E-state index contributed by atoms with van der Waals surface area (Å²) in [5.41, 5.74) is -0.457. The van der Waals surface area contributed by atoms with Gasteiger partial charge in [0.05, 0.1) is 6.61 Å². The molecular weight excluding hydrogens is 628 g/mol. The number of carbonyl (C=O) groups is 3. The third-order valence-corrected chi connectivity index (χ3v) is 10.6. The van der Waals surface area contributed by atoms with Gasteiger partial charge in [-0.2, -0.15) is 0 Å². The molecule has 8 heteroatoms. The van der Waals surface area contributed by atoms with Crippen LogP contribution >= 0.6 is 0 Å². The van der Waals surface area contributed by atoms with E-state index in [4.69, 9.17) is 9.47 Å². The molecule has 0 saturated carbocycles. The predicted molar refractivity (Wildman–Crippen MR) is 206 cm³/mol. The van der Waals surface area contributed by atoms with Crippen molar-refractivity contribution in [3.63, 3.8) is 0 Å². The molecule has 0 aromatic heterocycles. The maximum atomic E-state index is 13.2. The fourth-order valence-electron chi connectivity index (χ4n) is 6.98. The molecule has 8 nitrogen and oxygen atoms in total. The van der Waals surface area contributed by atoms with E-state index >= 15 is 0 Å². The smallest absolute Gasteiger partial charge is 0.305 e. The second kappa shape index (κ2) is 32.0. The zero-order valence-corrected chi connectivity index (χ0v) is 33.1. The highest BCUT2D eigenvalue weighted by Crippen LogP contribution is 2.33. The van der Waals surface area contributed by atoms with Crippen LogP contribution in [0.1, 0.15) is 194 Å². The van der Waals surface area contributed by atoms with Gasteiger partial charge in [-0.1, -0.05) is 143 Å². The average molecular weight is 709 g/mol. The molecule has 0 bridgehead atoms. The number of hydrogen-bond donors (Lipinski definition) is 1. The molecule has 1 aliphatic rings. The molecular formula is C42H80N2O6. The fourth-order valence-corrected chi connectivity index (χ4v) is 6.98. The number of aliphatic hydroxyl groups is 1. The predicted octanol–water partition coefficient (Wildman–Crippen LogP) is 9.79. The Hall–Kier alpha value is -1.67. The summed E-state index contributed by atoms with van der Waals surface area (Å²) in [6.45, 7) is 10.5. The van der Waals surface area contributed by atoms with Crippen LogP contribution in [0.25, 0.3) is 0 Å². The maximum Gasteiger partial charge on any atom is 0.305 e. The lowest BCUT2D eigenvalue weighted by atomic mass is 9.79. The van der Waals surface area contributed by atoms with Crippen LogP contribution in [-0.4, -0.2) is 85.3 Å². The molecule has 1 amide bonds. The van der Waals surface area contributed by atoms with Crippen molar-refractivity contribution in [1.82, 2.24) is 9.80 Å². The van der Waals surface area contributed by atoms with Gasteiger partial charge < -0.3 is 24.4 Å².